The largest absolute Gasteiger partial charge is 0.489 e. The Morgan fingerprint density at radius 2 is 1.68 bits per heavy atom. The Morgan fingerprint density at radius 3 is 2.46 bits per heavy atom. The lowest BCUT2D eigenvalue weighted by molar-refractivity contribution is -0.174. The average molecular weight is 964 g/mol. The third-order valence-corrected chi connectivity index (χ3v) is 15.6. The summed E-state index contributed by atoms with van der Waals surface area (Å²) in [6.07, 6.45) is 7.42. The molecular weight excluding hydrogens is 912 g/mol. The molecular formula is C54H51ClN6O7S. The number of likely N-dealkylation sites (tertiary alicyclic amines) is 1. The lowest BCUT2D eigenvalue weighted by atomic mass is 9.66. The summed E-state index contributed by atoms with van der Waals surface area (Å²) in [5.74, 6) is 1.04. The minimum absolute atomic E-state index is 0.00255. The van der Waals surface area contributed by atoms with Crippen LogP contribution < -0.4 is 24.4 Å². The van der Waals surface area contributed by atoms with Gasteiger partial charge in [-0.25, -0.2) is 13.1 Å². The summed E-state index contributed by atoms with van der Waals surface area (Å²) in [6, 6.07) is 39.9. The number of carbonyl (C=O) groups is 2. The van der Waals surface area contributed by atoms with E-state index >= 15 is 0 Å². The van der Waals surface area contributed by atoms with Gasteiger partial charge in [0.15, 0.2) is 0 Å². The highest BCUT2D eigenvalue weighted by atomic mass is 35.5. The summed E-state index contributed by atoms with van der Waals surface area (Å²) in [6.45, 7) is 4.41. The van der Waals surface area contributed by atoms with Crippen LogP contribution in [-0.4, -0.2) is 49.8 Å². The highest BCUT2D eigenvalue weighted by molar-refractivity contribution is 7.90. The molecule has 1 atom stereocenters. The topological polar surface area (TPSA) is 162 Å². The van der Waals surface area contributed by atoms with E-state index in [9.17, 15) is 22.9 Å². The second kappa shape index (κ2) is 19.1. The smallest absolute Gasteiger partial charge is 0.268 e. The number of halogens is 1. The average Bonchev–Trinajstić information content (AvgIpc) is 4.07. The molecule has 2 amide bonds. The zero-order chi connectivity index (χ0) is 47.7. The van der Waals surface area contributed by atoms with Gasteiger partial charge in [-0.3, -0.25) is 9.59 Å². The van der Waals surface area contributed by atoms with E-state index in [1.807, 2.05) is 79.9 Å². The van der Waals surface area contributed by atoms with Crippen LogP contribution in [0.1, 0.15) is 71.6 Å². The number of aromatic nitrogens is 1. The number of aryl methyl sites for hydroxylation is 1. The van der Waals surface area contributed by atoms with Crippen molar-refractivity contribution in [3.05, 3.63) is 172 Å². The number of nitrogens with zero attached hydrogens (tertiary/aromatic N) is 3. The SMILES string of the molecule is Cc1ccc(Nc2ccc(S(=O)(=O)NC(=O)c3ccc(N4CCC(CN5C(=O)C6(CCCC6)C5c5cccc(OCc6ccccc6)c5)CC4)cc3Oc3ccc4[nH]ccc4c3)cc2N=O)cc1Cl. The monoisotopic (exact) mass is 962 g/mol. The van der Waals surface area contributed by atoms with Crippen molar-refractivity contribution in [1.82, 2.24) is 14.6 Å². The number of hydrogen-bond donors (Lipinski definition) is 3. The predicted molar refractivity (Wildman–Crippen MR) is 268 cm³/mol. The lowest BCUT2D eigenvalue weighted by Gasteiger charge is -2.56. The highest BCUT2D eigenvalue weighted by Crippen LogP contribution is 2.59. The van der Waals surface area contributed by atoms with Crippen molar-refractivity contribution in [3.8, 4) is 17.2 Å². The summed E-state index contributed by atoms with van der Waals surface area (Å²) in [5, 5.41) is 7.52. The fourth-order valence-electron chi connectivity index (χ4n) is 10.2. The molecule has 1 aromatic heterocycles. The van der Waals surface area contributed by atoms with Gasteiger partial charge in [-0.15, -0.1) is 4.91 Å². The van der Waals surface area contributed by atoms with Crippen LogP contribution in [0.25, 0.3) is 10.9 Å². The summed E-state index contributed by atoms with van der Waals surface area (Å²) in [4.78, 5) is 47.3. The number of nitrogens with one attached hydrogen (secondary N) is 3. The molecule has 69 heavy (non-hydrogen) atoms. The number of carbonyl (C=O) groups excluding carboxylic acids is 2. The Labute approximate surface area is 405 Å². The van der Waals surface area contributed by atoms with Crippen LogP contribution in [0, 0.1) is 23.2 Å². The number of nitroso groups, excluding NO2 is 1. The van der Waals surface area contributed by atoms with Crippen LogP contribution in [0.2, 0.25) is 5.02 Å². The molecule has 1 unspecified atom stereocenters. The first kappa shape index (κ1) is 45.6. The van der Waals surface area contributed by atoms with Crippen LogP contribution in [0.5, 0.6) is 17.2 Å². The van der Waals surface area contributed by atoms with E-state index in [-0.39, 0.29) is 50.9 Å². The third kappa shape index (κ3) is 9.38. The van der Waals surface area contributed by atoms with Gasteiger partial charge < -0.3 is 29.6 Å². The lowest BCUT2D eigenvalue weighted by Crippen LogP contribution is -2.63. The number of hydrogen-bond acceptors (Lipinski definition) is 10. The second-order valence-corrected chi connectivity index (χ2v) is 20.4. The van der Waals surface area contributed by atoms with Gasteiger partial charge in [0.2, 0.25) is 5.91 Å². The van der Waals surface area contributed by atoms with Gasteiger partial charge in [-0.05, 0) is 139 Å². The number of amides is 2. The van der Waals surface area contributed by atoms with E-state index in [2.05, 4.69) is 42.1 Å². The number of aromatic amines is 1. The van der Waals surface area contributed by atoms with Gasteiger partial charge in [0, 0.05) is 59.2 Å². The molecule has 1 aliphatic carbocycles. The van der Waals surface area contributed by atoms with Gasteiger partial charge in [0.25, 0.3) is 15.9 Å². The van der Waals surface area contributed by atoms with Gasteiger partial charge in [-0.2, -0.15) is 0 Å². The van der Waals surface area contributed by atoms with Crippen molar-refractivity contribution in [2.45, 2.75) is 63.0 Å². The Hall–Kier alpha value is -7.16. The van der Waals surface area contributed by atoms with Gasteiger partial charge >= 0.3 is 0 Å². The van der Waals surface area contributed by atoms with Crippen LogP contribution in [0.3, 0.4) is 0 Å². The van der Waals surface area contributed by atoms with Crippen molar-refractivity contribution >= 4 is 67.1 Å². The van der Waals surface area contributed by atoms with E-state index in [4.69, 9.17) is 21.1 Å². The van der Waals surface area contributed by atoms with Gasteiger partial charge in [0.05, 0.1) is 27.6 Å². The number of rotatable bonds is 15. The molecule has 3 aliphatic rings. The molecule has 3 fully saturated rings. The van der Waals surface area contributed by atoms with Gasteiger partial charge in [0.1, 0.15) is 29.5 Å². The quantitative estimate of drug-likeness (QED) is 0.0670. The molecule has 1 spiro atoms. The van der Waals surface area contributed by atoms with Crippen molar-refractivity contribution in [3.63, 3.8) is 0 Å². The Kier molecular flexibility index (Phi) is 12.6. The van der Waals surface area contributed by atoms with E-state index in [1.165, 1.54) is 12.1 Å². The minimum atomic E-state index is -4.50. The molecule has 3 heterocycles. The summed E-state index contributed by atoms with van der Waals surface area (Å²) in [7, 11) is -4.50. The maximum atomic E-state index is 14.1. The van der Waals surface area contributed by atoms with E-state index in [0.717, 1.165) is 83.6 Å². The predicted octanol–water partition coefficient (Wildman–Crippen LogP) is 12.1. The second-order valence-electron chi connectivity index (χ2n) is 18.3. The maximum absolute atomic E-state index is 14.1. The zero-order valence-corrected chi connectivity index (χ0v) is 39.6. The number of H-pyrrole nitrogens is 1. The Balaban J connectivity index is 0.847. The fourth-order valence-corrected chi connectivity index (χ4v) is 11.4. The minimum Gasteiger partial charge on any atom is -0.489 e. The molecule has 7 aromatic rings. The molecule has 352 valence electrons. The molecule has 13 nitrogen and oxygen atoms in total. The van der Waals surface area contributed by atoms with Crippen LogP contribution in [0.4, 0.5) is 22.7 Å². The molecule has 15 heteroatoms. The van der Waals surface area contributed by atoms with Crippen LogP contribution >= 0.6 is 11.6 Å². The molecule has 10 rings (SSSR count). The maximum Gasteiger partial charge on any atom is 0.268 e. The highest BCUT2D eigenvalue weighted by Gasteiger charge is 2.61. The Bertz CT molecular complexity index is 3180. The first-order valence-corrected chi connectivity index (χ1v) is 25.1. The zero-order valence-electron chi connectivity index (χ0n) is 38.0. The van der Waals surface area contributed by atoms with E-state index < -0.39 is 15.9 Å². The number of sulfonamides is 1. The molecule has 0 radical (unpaired) electrons. The van der Waals surface area contributed by atoms with Crippen molar-refractivity contribution in [2.75, 3.05) is 29.9 Å². The Morgan fingerprint density at radius 1 is 0.870 bits per heavy atom. The summed E-state index contributed by atoms with van der Waals surface area (Å²) in [5.41, 5.74) is 5.09. The molecule has 3 N–H and O–H groups in total. The normalized spacial score (nSPS) is 16.9. The molecule has 6 aromatic carbocycles. The number of ether oxygens (including phenoxy) is 2. The van der Waals surface area contributed by atoms with E-state index in [1.54, 1.807) is 36.4 Å². The van der Waals surface area contributed by atoms with Crippen LogP contribution in [-0.2, 0) is 21.4 Å². The first-order valence-electron chi connectivity index (χ1n) is 23.3. The number of β-lactam (4-membered cyclic amide) rings is 1. The summed E-state index contributed by atoms with van der Waals surface area (Å²) >= 11 is 6.28. The first-order chi connectivity index (χ1) is 33.5. The fraction of sp³-hybridized carbons (Fsp3) is 0.259. The molecule has 1 saturated carbocycles. The number of fused-ring (bicyclic) bond motifs is 1. The number of benzene rings is 6. The number of anilines is 3. The standard InChI is InChI=1S/C54H51ClN6O7S/c1-35-12-13-40(30-46(35)55)57-48-19-16-44(32-49(48)58-64)69(65,66)59-52(62)45-17-14-41(31-50(45)68-43-15-18-47-38(28-43)20-25-56-47)60-26-21-36(22-27-60)33-61-51(54(53(61)63)23-5-6-24-54)39-10-7-11-42(29-39)67-34-37-8-3-2-4-9-37/h2-4,7-20,25,28-32,36,51,56-57H,5-6,21-24,26-27,33-34H2,1H3,(H,59,62). The van der Waals surface area contributed by atoms with Crippen LogP contribution in [0.15, 0.2) is 150 Å². The molecule has 2 saturated heterocycles. The number of piperidine rings is 1. The van der Waals surface area contributed by atoms with Crippen molar-refractivity contribution in [1.29, 1.82) is 0 Å². The van der Waals surface area contributed by atoms with Crippen molar-refractivity contribution < 1.29 is 27.5 Å². The molecule has 0 bridgehead atoms. The summed E-state index contributed by atoms with van der Waals surface area (Å²) < 4.78 is 42.3. The van der Waals surface area contributed by atoms with E-state index in [0.29, 0.717) is 42.7 Å². The molecule has 2 aliphatic heterocycles. The van der Waals surface area contributed by atoms with Gasteiger partial charge in [-0.1, -0.05) is 73.0 Å². The van der Waals surface area contributed by atoms with Crippen molar-refractivity contribution in [2.24, 2.45) is 16.5 Å². The third-order valence-electron chi connectivity index (χ3n) is 13.9.